The van der Waals surface area contributed by atoms with Crippen molar-refractivity contribution in [2.45, 2.75) is 13.3 Å². The molecule has 0 aliphatic heterocycles. The Morgan fingerprint density at radius 3 is 2.81 bits per heavy atom. The summed E-state index contributed by atoms with van der Waals surface area (Å²) in [7, 11) is 1.58. The van der Waals surface area contributed by atoms with Gasteiger partial charge >= 0.3 is 0 Å². The predicted octanol–water partition coefficient (Wildman–Crippen LogP) is 1.60. The Morgan fingerprint density at radius 1 is 1.56 bits per heavy atom. The van der Waals surface area contributed by atoms with Gasteiger partial charge in [0.25, 0.3) is 5.91 Å². The van der Waals surface area contributed by atoms with E-state index in [1.54, 1.807) is 23.5 Å². The SMILES string of the molecule is CCCN(CCO)C(=O)c1cc(OC)cs1. The second-order valence-corrected chi connectivity index (χ2v) is 4.28. The normalized spacial score (nSPS) is 10.2. The van der Waals surface area contributed by atoms with E-state index in [1.165, 1.54) is 11.3 Å². The molecule has 0 fully saturated rings. The average molecular weight is 243 g/mol. The van der Waals surface area contributed by atoms with E-state index in [2.05, 4.69) is 0 Å². The highest BCUT2D eigenvalue weighted by atomic mass is 32.1. The van der Waals surface area contributed by atoms with Gasteiger partial charge in [0.15, 0.2) is 0 Å². The molecule has 1 heterocycles. The van der Waals surface area contributed by atoms with Crippen LogP contribution in [0.4, 0.5) is 0 Å². The zero-order valence-corrected chi connectivity index (χ0v) is 10.4. The maximum atomic E-state index is 12.0. The summed E-state index contributed by atoms with van der Waals surface area (Å²) in [6.45, 7) is 3.05. The van der Waals surface area contributed by atoms with Gasteiger partial charge in [-0.3, -0.25) is 4.79 Å². The first-order valence-electron chi connectivity index (χ1n) is 5.25. The van der Waals surface area contributed by atoms with Crippen molar-refractivity contribution in [3.63, 3.8) is 0 Å². The molecule has 1 rings (SSSR count). The second kappa shape index (κ2) is 6.50. The number of thiophene rings is 1. The van der Waals surface area contributed by atoms with Crippen molar-refractivity contribution in [1.29, 1.82) is 0 Å². The Hall–Kier alpha value is -1.07. The van der Waals surface area contributed by atoms with Crippen LogP contribution >= 0.6 is 11.3 Å². The molecular formula is C11H17NO3S. The van der Waals surface area contributed by atoms with Crippen molar-refractivity contribution in [1.82, 2.24) is 4.90 Å². The van der Waals surface area contributed by atoms with Crippen LogP contribution in [0, 0.1) is 0 Å². The molecule has 1 aromatic rings. The number of nitrogens with zero attached hydrogens (tertiary/aromatic N) is 1. The van der Waals surface area contributed by atoms with Gasteiger partial charge in [0.1, 0.15) is 5.75 Å². The number of aliphatic hydroxyl groups excluding tert-OH is 1. The smallest absolute Gasteiger partial charge is 0.264 e. The zero-order valence-electron chi connectivity index (χ0n) is 9.60. The summed E-state index contributed by atoms with van der Waals surface area (Å²) in [5.41, 5.74) is 0. The van der Waals surface area contributed by atoms with Gasteiger partial charge in [0, 0.05) is 24.5 Å². The largest absolute Gasteiger partial charge is 0.496 e. The average Bonchev–Trinajstić information content (AvgIpc) is 2.76. The van der Waals surface area contributed by atoms with Gasteiger partial charge < -0.3 is 14.7 Å². The number of carbonyl (C=O) groups excluding carboxylic acids is 1. The Bertz CT molecular complexity index is 332. The third-order valence-electron chi connectivity index (χ3n) is 2.17. The van der Waals surface area contributed by atoms with E-state index in [1.807, 2.05) is 6.92 Å². The van der Waals surface area contributed by atoms with Crippen LogP contribution in [0.1, 0.15) is 23.0 Å². The number of ether oxygens (including phenoxy) is 1. The Morgan fingerprint density at radius 2 is 2.31 bits per heavy atom. The van der Waals surface area contributed by atoms with Gasteiger partial charge in [0.05, 0.1) is 18.6 Å². The molecule has 4 nitrogen and oxygen atoms in total. The van der Waals surface area contributed by atoms with E-state index < -0.39 is 0 Å². The number of hydrogen-bond acceptors (Lipinski definition) is 4. The van der Waals surface area contributed by atoms with Crippen LogP contribution in [0.25, 0.3) is 0 Å². The summed E-state index contributed by atoms with van der Waals surface area (Å²) in [5.74, 6) is 0.665. The standard InChI is InChI=1S/C11H17NO3S/c1-3-4-12(5-6-13)11(14)10-7-9(15-2)8-16-10/h7-8,13H,3-6H2,1-2H3. The molecule has 0 aliphatic rings. The van der Waals surface area contributed by atoms with Crippen LogP contribution in [-0.4, -0.2) is 42.7 Å². The molecule has 1 N–H and O–H groups in total. The van der Waals surface area contributed by atoms with Crippen molar-refractivity contribution >= 4 is 17.2 Å². The van der Waals surface area contributed by atoms with Crippen LogP contribution in [0.5, 0.6) is 5.75 Å². The minimum atomic E-state index is -0.0378. The monoisotopic (exact) mass is 243 g/mol. The summed E-state index contributed by atoms with van der Waals surface area (Å²) in [6.07, 6.45) is 0.883. The first-order valence-corrected chi connectivity index (χ1v) is 6.13. The van der Waals surface area contributed by atoms with Crippen molar-refractivity contribution in [2.75, 3.05) is 26.8 Å². The number of carbonyl (C=O) groups is 1. The minimum absolute atomic E-state index is 0.00570. The fraction of sp³-hybridized carbons (Fsp3) is 0.545. The molecule has 0 spiro atoms. The van der Waals surface area contributed by atoms with Gasteiger partial charge in [-0.25, -0.2) is 0 Å². The summed E-state index contributed by atoms with van der Waals surface area (Å²) in [5, 5.41) is 10.7. The summed E-state index contributed by atoms with van der Waals surface area (Å²) < 4.78 is 5.03. The molecular weight excluding hydrogens is 226 g/mol. The Kier molecular flexibility index (Phi) is 5.28. The molecule has 16 heavy (non-hydrogen) atoms. The van der Waals surface area contributed by atoms with E-state index in [4.69, 9.17) is 9.84 Å². The molecule has 0 saturated carbocycles. The van der Waals surface area contributed by atoms with E-state index in [0.717, 1.165) is 6.42 Å². The van der Waals surface area contributed by atoms with E-state index in [0.29, 0.717) is 23.7 Å². The third kappa shape index (κ3) is 3.21. The second-order valence-electron chi connectivity index (χ2n) is 3.37. The Labute approximate surface area is 99.5 Å². The maximum Gasteiger partial charge on any atom is 0.264 e. The summed E-state index contributed by atoms with van der Waals surface area (Å²) in [4.78, 5) is 14.3. The molecule has 0 unspecified atom stereocenters. The van der Waals surface area contributed by atoms with Crippen LogP contribution in [0.2, 0.25) is 0 Å². The first kappa shape index (κ1) is 13.0. The lowest BCUT2D eigenvalue weighted by Gasteiger charge is -2.19. The summed E-state index contributed by atoms with van der Waals surface area (Å²) >= 11 is 1.36. The molecule has 0 atom stereocenters. The molecule has 90 valence electrons. The van der Waals surface area contributed by atoms with Gasteiger partial charge in [-0.2, -0.15) is 0 Å². The molecule has 5 heteroatoms. The molecule has 0 aliphatic carbocycles. The predicted molar refractivity (Wildman–Crippen MR) is 64.2 cm³/mol. The van der Waals surface area contributed by atoms with Gasteiger partial charge in [-0.05, 0) is 6.42 Å². The minimum Gasteiger partial charge on any atom is -0.496 e. The molecule has 0 bridgehead atoms. The zero-order chi connectivity index (χ0) is 12.0. The quantitative estimate of drug-likeness (QED) is 0.825. The van der Waals surface area contributed by atoms with Gasteiger partial charge in [0.2, 0.25) is 0 Å². The van der Waals surface area contributed by atoms with Crippen LogP contribution in [0.3, 0.4) is 0 Å². The topological polar surface area (TPSA) is 49.8 Å². The lowest BCUT2D eigenvalue weighted by molar-refractivity contribution is 0.0726. The number of rotatable bonds is 6. The lowest BCUT2D eigenvalue weighted by Crippen LogP contribution is -2.33. The van der Waals surface area contributed by atoms with E-state index in [9.17, 15) is 4.79 Å². The van der Waals surface area contributed by atoms with E-state index >= 15 is 0 Å². The molecule has 0 radical (unpaired) electrons. The molecule has 0 saturated heterocycles. The highest BCUT2D eigenvalue weighted by Crippen LogP contribution is 2.22. The van der Waals surface area contributed by atoms with Crippen molar-refractivity contribution in [2.24, 2.45) is 0 Å². The molecule has 1 amide bonds. The lowest BCUT2D eigenvalue weighted by atomic mass is 10.3. The number of methoxy groups -OCH3 is 1. The number of aliphatic hydroxyl groups is 1. The highest BCUT2D eigenvalue weighted by molar-refractivity contribution is 7.12. The van der Waals surface area contributed by atoms with Gasteiger partial charge in [-0.15, -0.1) is 11.3 Å². The van der Waals surface area contributed by atoms with Crippen molar-refractivity contribution in [3.8, 4) is 5.75 Å². The van der Waals surface area contributed by atoms with Crippen LogP contribution in [-0.2, 0) is 0 Å². The summed E-state index contributed by atoms with van der Waals surface area (Å²) in [6, 6.07) is 1.73. The van der Waals surface area contributed by atoms with Crippen LogP contribution in [0.15, 0.2) is 11.4 Å². The fourth-order valence-electron chi connectivity index (χ4n) is 1.40. The van der Waals surface area contributed by atoms with Crippen molar-refractivity contribution < 1.29 is 14.6 Å². The van der Waals surface area contributed by atoms with Crippen LogP contribution < -0.4 is 4.74 Å². The van der Waals surface area contributed by atoms with Gasteiger partial charge in [-0.1, -0.05) is 6.92 Å². The van der Waals surface area contributed by atoms with Crippen molar-refractivity contribution in [3.05, 3.63) is 16.3 Å². The molecule has 0 aromatic carbocycles. The highest BCUT2D eigenvalue weighted by Gasteiger charge is 2.16. The fourth-order valence-corrected chi connectivity index (χ4v) is 2.22. The number of amides is 1. The number of hydrogen-bond donors (Lipinski definition) is 1. The Balaban J connectivity index is 2.72. The first-order chi connectivity index (χ1) is 7.72. The third-order valence-corrected chi connectivity index (χ3v) is 3.07. The maximum absolute atomic E-state index is 12.0. The molecule has 1 aromatic heterocycles. The van der Waals surface area contributed by atoms with E-state index in [-0.39, 0.29) is 12.5 Å².